The molecule has 0 saturated carbocycles. The highest BCUT2D eigenvalue weighted by molar-refractivity contribution is 7.13. The van der Waals surface area contributed by atoms with Crippen molar-refractivity contribution in [1.82, 2.24) is 15.0 Å². The number of nitrogens with two attached hydrogens (primary N) is 1. The molecule has 3 N–H and O–H groups in total. The Morgan fingerprint density at radius 1 is 1.26 bits per heavy atom. The van der Waals surface area contributed by atoms with Gasteiger partial charge in [-0.2, -0.15) is 0 Å². The van der Waals surface area contributed by atoms with Crippen LogP contribution in [0.1, 0.15) is 17.9 Å². The van der Waals surface area contributed by atoms with Crippen molar-refractivity contribution in [1.29, 1.82) is 0 Å². The minimum absolute atomic E-state index is 0.633. The third-order valence-corrected chi connectivity index (χ3v) is 3.87. The van der Waals surface area contributed by atoms with Crippen LogP contribution in [-0.2, 0) is 12.8 Å². The maximum absolute atomic E-state index is 5.95. The zero-order chi connectivity index (χ0) is 13.2. The smallest absolute Gasteiger partial charge is 0.180 e. The van der Waals surface area contributed by atoms with E-state index in [0.717, 1.165) is 46.8 Å². The molecule has 0 aliphatic heterocycles. The third-order valence-electron chi connectivity index (χ3n) is 2.91. The lowest BCUT2D eigenvalue weighted by Gasteiger charge is -1.95. The Hall–Kier alpha value is -1.59. The van der Waals surface area contributed by atoms with Crippen LogP contribution in [0.15, 0.2) is 23.6 Å². The van der Waals surface area contributed by atoms with Gasteiger partial charge in [0.2, 0.25) is 0 Å². The van der Waals surface area contributed by atoms with Crippen molar-refractivity contribution in [2.75, 3.05) is 5.73 Å². The Bertz CT molecular complexity index is 704. The minimum Gasteiger partial charge on any atom is -0.375 e. The number of hydrogen-bond donors (Lipinski definition) is 2. The van der Waals surface area contributed by atoms with Crippen LogP contribution in [0.2, 0.25) is 5.02 Å². The van der Waals surface area contributed by atoms with Crippen molar-refractivity contribution in [3.05, 3.63) is 40.1 Å². The number of nitrogens with one attached hydrogen (secondary N) is 1. The van der Waals surface area contributed by atoms with Gasteiger partial charge in [-0.05, 0) is 31.0 Å². The molecule has 1 aromatic carbocycles. The van der Waals surface area contributed by atoms with Gasteiger partial charge in [0.25, 0.3) is 0 Å². The first-order chi connectivity index (χ1) is 9.20. The van der Waals surface area contributed by atoms with Gasteiger partial charge in [-0.1, -0.05) is 11.6 Å². The van der Waals surface area contributed by atoms with Crippen LogP contribution >= 0.6 is 22.9 Å². The van der Waals surface area contributed by atoms with Crippen molar-refractivity contribution in [3.63, 3.8) is 0 Å². The van der Waals surface area contributed by atoms with Gasteiger partial charge in [-0.25, -0.2) is 9.97 Å². The van der Waals surface area contributed by atoms with E-state index in [1.807, 2.05) is 23.6 Å². The van der Waals surface area contributed by atoms with Gasteiger partial charge in [0.05, 0.1) is 16.7 Å². The van der Waals surface area contributed by atoms with E-state index in [9.17, 15) is 0 Å². The summed E-state index contributed by atoms with van der Waals surface area (Å²) in [5.74, 6) is 0.987. The van der Waals surface area contributed by atoms with Crippen LogP contribution in [0.5, 0.6) is 0 Å². The molecule has 0 unspecified atom stereocenters. The number of aromatic nitrogens is 3. The van der Waals surface area contributed by atoms with E-state index in [1.54, 1.807) is 0 Å². The maximum atomic E-state index is 5.95. The predicted octanol–water partition coefficient (Wildman–Crippen LogP) is 3.43. The number of halogens is 1. The zero-order valence-electron chi connectivity index (χ0n) is 10.2. The van der Waals surface area contributed by atoms with E-state index >= 15 is 0 Å². The first-order valence-electron chi connectivity index (χ1n) is 6.05. The second-order valence-electron chi connectivity index (χ2n) is 4.38. The molecule has 0 aliphatic carbocycles. The molecule has 4 nitrogen and oxygen atoms in total. The molecule has 0 atom stereocenters. The van der Waals surface area contributed by atoms with E-state index < -0.39 is 0 Å². The fourth-order valence-corrected chi connectivity index (χ4v) is 2.80. The summed E-state index contributed by atoms with van der Waals surface area (Å²) in [5.41, 5.74) is 8.60. The lowest BCUT2D eigenvalue weighted by Crippen LogP contribution is -1.93. The molecule has 0 fully saturated rings. The Kier molecular flexibility index (Phi) is 3.40. The van der Waals surface area contributed by atoms with Gasteiger partial charge in [-0.15, -0.1) is 11.3 Å². The molecule has 3 rings (SSSR count). The normalized spacial score (nSPS) is 11.2. The molecule has 0 saturated heterocycles. The molecule has 2 heterocycles. The number of imidazole rings is 1. The Morgan fingerprint density at radius 2 is 2.16 bits per heavy atom. The minimum atomic E-state index is 0.633. The third kappa shape index (κ3) is 2.88. The van der Waals surface area contributed by atoms with Gasteiger partial charge < -0.3 is 10.7 Å². The summed E-state index contributed by atoms with van der Waals surface area (Å²) < 4.78 is 0. The van der Waals surface area contributed by atoms with E-state index in [1.165, 1.54) is 11.3 Å². The second-order valence-corrected chi connectivity index (χ2v) is 5.70. The fourth-order valence-electron chi connectivity index (χ4n) is 2.03. The maximum Gasteiger partial charge on any atom is 0.180 e. The molecule has 3 aromatic rings. The van der Waals surface area contributed by atoms with E-state index in [4.69, 9.17) is 17.3 Å². The highest BCUT2D eigenvalue weighted by Crippen LogP contribution is 2.18. The van der Waals surface area contributed by atoms with Crippen molar-refractivity contribution >= 4 is 39.1 Å². The van der Waals surface area contributed by atoms with E-state index in [-0.39, 0.29) is 0 Å². The average molecular weight is 293 g/mol. The van der Waals surface area contributed by atoms with Gasteiger partial charge in [0.1, 0.15) is 5.82 Å². The number of aryl methyl sites for hydroxylation is 2. The van der Waals surface area contributed by atoms with Gasteiger partial charge in [0.15, 0.2) is 5.13 Å². The van der Waals surface area contributed by atoms with Gasteiger partial charge >= 0.3 is 0 Å². The number of nitrogen functional groups attached to an aromatic ring is 1. The van der Waals surface area contributed by atoms with Crippen LogP contribution in [0.4, 0.5) is 5.13 Å². The molecule has 0 aliphatic rings. The molecule has 6 heteroatoms. The van der Waals surface area contributed by atoms with Crippen molar-refractivity contribution in [2.24, 2.45) is 0 Å². The van der Waals surface area contributed by atoms with E-state index in [2.05, 4.69) is 15.0 Å². The quantitative estimate of drug-likeness (QED) is 0.774. The monoisotopic (exact) mass is 292 g/mol. The largest absolute Gasteiger partial charge is 0.375 e. The lowest BCUT2D eigenvalue weighted by molar-refractivity contribution is 0.774. The molecular weight excluding hydrogens is 280 g/mol. The molecule has 2 aromatic heterocycles. The summed E-state index contributed by atoms with van der Waals surface area (Å²) in [6.45, 7) is 0. The number of aromatic amines is 1. The molecule has 0 radical (unpaired) electrons. The lowest BCUT2D eigenvalue weighted by atomic mass is 10.2. The second kappa shape index (κ2) is 5.19. The predicted molar refractivity (Wildman–Crippen MR) is 79.7 cm³/mol. The molecule has 0 bridgehead atoms. The summed E-state index contributed by atoms with van der Waals surface area (Å²) >= 11 is 7.43. The molecule has 0 amide bonds. The summed E-state index contributed by atoms with van der Waals surface area (Å²) in [4.78, 5) is 12.1. The van der Waals surface area contributed by atoms with Crippen LogP contribution in [0.25, 0.3) is 11.0 Å². The number of fused-ring (bicyclic) bond motifs is 1. The Balaban J connectivity index is 1.65. The van der Waals surface area contributed by atoms with Crippen LogP contribution in [-0.4, -0.2) is 15.0 Å². The molecule has 98 valence electrons. The number of rotatable bonds is 4. The van der Waals surface area contributed by atoms with Gasteiger partial charge in [0, 0.05) is 16.8 Å². The number of anilines is 1. The zero-order valence-corrected chi connectivity index (χ0v) is 11.8. The van der Waals surface area contributed by atoms with Gasteiger partial charge in [-0.3, -0.25) is 0 Å². The number of thiazole rings is 1. The van der Waals surface area contributed by atoms with Crippen molar-refractivity contribution < 1.29 is 0 Å². The summed E-state index contributed by atoms with van der Waals surface area (Å²) in [7, 11) is 0. The number of H-pyrrole nitrogens is 1. The highest BCUT2D eigenvalue weighted by atomic mass is 35.5. The van der Waals surface area contributed by atoms with Crippen LogP contribution in [0, 0.1) is 0 Å². The molecule has 19 heavy (non-hydrogen) atoms. The molecular formula is C13H13ClN4S. The number of hydrogen-bond acceptors (Lipinski definition) is 4. The summed E-state index contributed by atoms with van der Waals surface area (Å²) in [5, 5.41) is 3.36. The average Bonchev–Trinajstić information content (AvgIpc) is 2.95. The van der Waals surface area contributed by atoms with Crippen molar-refractivity contribution in [3.8, 4) is 0 Å². The Morgan fingerprint density at radius 3 is 2.95 bits per heavy atom. The van der Waals surface area contributed by atoms with Crippen LogP contribution < -0.4 is 5.73 Å². The number of nitrogens with zero attached hydrogens (tertiary/aromatic N) is 2. The molecule has 0 spiro atoms. The first kappa shape index (κ1) is 12.4. The first-order valence-corrected chi connectivity index (χ1v) is 7.30. The standard InChI is InChI=1S/C13H13ClN4S/c14-8-4-5-10-11(6-8)18-12(17-10)3-1-2-9-7-19-13(15)16-9/h4-7H,1-3H2,(H2,15,16)(H,17,18). The summed E-state index contributed by atoms with van der Waals surface area (Å²) in [6, 6.07) is 5.68. The SMILES string of the molecule is Nc1nc(CCCc2nc3ccc(Cl)cc3[nH]2)cs1. The highest BCUT2D eigenvalue weighted by Gasteiger charge is 2.04. The topological polar surface area (TPSA) is 67.6 Å². The number of benzene rings is 1. The van der Waals surface area contributed by atoms with Crippen LogP contribution in [0.3, 0.4) is 0 Å². The fraction of sp³-hybridized carbons (Fsp3) is 0.231. The Labute approximate surface area is 119 Å². The van der Waals surface area contributed by atoms with Crippen molar-refractivity contribution in [2.45, 2.75) is 19.3 Å². The summed E-state index contributed by atoms with van der Waals surface area (Å²) in [6.07, 6.45) is 2.81. The van der Waals surface area contributed by atoms with E-state index in [0.29, 0.717) is 5.13 Å².